The lowest BCUT2D eigenvalue weighted by atomic mass is 10.1. The normalized spacial score (nSPS) is 13.5. The standard InChI is InChI=1S/C15H13F2NO5S/c1-11-7-9-13(10-8-11)24(21,22)23-14(15(16,17)18(19)20)12-5-3-2-4-6-12/h2-10,14H,1H3/t14-/m0/s1. The van der Waals surface area contributed by atoms with Crippen molar-refractivity contribution >= 4 is 10.1 Å². The Bertz CT molecular complexity index is 823. The average Bonchev–Trinajstić information content (AvgIpc) is 2.53. The van der Waals surface area contributed by atoms with Crippen LogP contribution in [0.5, 0.6) is 0 Å². The van der Waals surface area contributed by atoms with Crippen LogP contribution in [0.3, 0.4) is 0 Å². The topological polar surface area (TPSA) is 86.5 Å². The molecule has 9 heteroatoms. The number of rotatable bonds is 6. The quantitative estimate of drug-likeness (QED) is 0.343. The summed E-state index contributed by atoms with van der Waals surface area (Å²) in [5.41, 5.74) is 0.430. The molecule has 0 N–H and O–H groups in total. The molecule has 0 amide bonds. The second-order valence-corrected chi connectivity index (χ2v) is 6.57. The molecular formula is C15H13F2NO5S. The molecule has 0 spiro atoms. The van der Waals surface area contributed by atoms with Gasteiger partial charge in [-0.2, -0.15) is 8.42 Å². The van der Waals surface area contributed by atoms with Crippen molar-refractivity contribution in [1.29, 1.82) is 0 Å². The largest absolute Gasteiger partial charge is 0.543 e. The minimum atomic E-state index is -4.63. The molecule has 0 saturated heterocycles. The molecule has 2 rings (SSSR count). The monoisotopic (exact) mass is 357 g/mol. The van der Waals surface area contributed by atoms with Crippen LogP contribution in [0.2, 0.25) is 0 Å². The summed E-state index contributed by atoms with van der Waals surface area (Å²) in [4.78, 5) is 8.45. The van der Waals surface area contributed by atoms with Gasteiger partial charge in [0.2, 0.25) is 6.10 Å². The van der Waals surface area contributed by atoms with E-state index in [1.165, 1.54) is 42.5 Å². The van der Waals surface area contributed by atoms with Crippen molar-refractivity contribution in [2.24, 2.45) is 0 Å². The van der Waals surface area contributed by atoms with Gasteiger partial charge < -0.3 is 0 Å². The average molecular weight is 357 g/mol. The molecule has 2 aromatic carbocycles. The van der Waals surface area contributed by atoms with Gasteiger partial charge in [-0.05, 0) is 24.6 Å². The fourth-order valence-corrected chi connectivity index (χ4v) is 2.99. The molecule has 0 saturated carbocycles. The number of halogens is 2. The summed E-state index contributed by atoms with van der Waals surface area (Å²) in [6.45, 7) is 1.71. The van der Waals surface area contributed by atoms with E-state index in [4.69, 9.17) is 0 Å². The second kappa shape index (κ2) is 6.62. The van der Waals surface area contributed by atoms with Crippen molar-refractivity contribution in [3.8, 4) is 0 Å². The van der Waals surface area contributed by atoms with Crippen molar-refractivity contribution in [2.75, 3.05) is 0 Å². The van der Waals surface area contributed by atoms with Crippen LogP contribution in [0.4, 0.5) is 8.78 Å². The van der Waals surface area contributed by atoms with Gasteiger partial charge in [0.25, 0.3) is 10.1 Å². The van der Waals surface area contributed by atoms with E-state index in [1.807, 2.05) is 0 Å². The number of hydrogen-bond donors (Lipinski definition) is 0. The molecule has 128 valence electrons. The van der Waals surface area contributed by atoms with Gasteiger partial charge in [0, 0.05) is 0 Å². The molecule has 0 aliphatic rings. The van der Waals surface area contributed by atoms with E-state index in [1.54, 1.807) is 6.92 Å². The van der Waals surface area contributed by atoms with Crippen LogP contribution < -0.4 is 0 Å². The van der Waals surface area contributed by atoms with Crippen LogP contribution >= 0.6 is 0 Å². The van der Waals surface area contributed by atoms with Crippen molar-refractivity contribution < 1.29 is 26.3 Å². The number of hydrogen-bond acceptors (Lipinski definition) is 5. The summed E-state index contributed by atoms with van der Waals surface area (Å²) >= 11 is 0. The number of nitrogens with zero attached hydrogens (tertiary/aromatic N) is 1. The van der Waals surface area contributed by atoms with Crippen molar-refractivity contribution in [3.05, 3.63) is 75.8 Å². The van der Waals surface area contributed by atoms with Crippen LogP contribution in [-0.4, -0.2) is 19.4 Å². The Labute approximate surface area is 137 Å². The molecule has 0 unspecified atom stereocenters. The minimum Gasteiger partial charge on any atom is -0.259 e. The van der Waals surface area contributed by atoms with Gasteiger partial charge in [-0.25, -0.2) is 4.18 Å². The summed E-state index contributed by atoms with van der Waals surface area (Å²) in [7, 11) is -4.63. The highest BCUT2D eigenvalue weighted by atomic mass is 32.2. The van der Waals surface area contributed by atoms with E-state index in [0.29, 0.717) is 0 Å². The Morgan fingerprint density at radius 3 is 2.12 bits per heavy atom. The predicted molar refractivity (Wildman–Crippen MR) is 80.6 cm³/mol. The molecule has 0 bridgehead atoms. The highest BCUT2D eigenvalue weighted by molar-refractivity contribution is 7.86. The number of aryl methyl sites for hydroxylation is 1. The van der Waals surface area contributed by atoms with Gasteiger partial charge >= 0.3 is 6.05 Å². The maximum Gasteiger partial charge on any atom is 0.543 e. The molecule has 1 atom stereocenters. The SMILES string of the molecule is Cc1ccc(S(=O)(=O)O[C@@H](c2ccccc2)C(F)(F)[N+](=O)[O-])cc1. The fraction of sp³-hybridized carbons (Fsp3) is 0.200. The minimum absolute atomic E-state index is 0.324. The van der Waals surface area contributed by atoms with Crippen LogP contribution in [-0.2, 0) is 14.3 Å². The first-order valence-corrected chi connectivity index (χ1v) is 8.12. The van der Waals surface area contributed by atoms with Gasteiger partial charge in [0.1, 0.15) is 0 Å². The smallest absolute Gasteiger partial charge is 0.259 e. The molecule has 24 heavy (non-hydrogen) atoms. The van der Waals surface area contributed by atoms with Crippen LogP contribution in [0.25, 0.3) is 0 Å². The van der Waals surface area contributed by atoms with E-state index in [0.717, 1.165) is 17.7 Å². The van der Waals surface area contributed by atoms with Gasteiger partial charge in [-0.3, -0.25) is 10.1 Å². The second-order valence-electron chi connectivity index (χ2n) is 5.00. The Morgan fingerprint density at radius 1 is 1.08 bits per heavy atom. The molecule has 2 aromatic rings. The molecule has 0 aliphatic carbocycles. The Morgan fingerprint density at radius 2 is 1.62 bits per heavy atom. The Kier molecular flexibility index (Phi) is 4.95. The Balaban J connectivity index is 2.45. The van der Waals surface area contributed by atoms with Gasteiger partial charge in [-0.1, -0.05) is 48.0 Å². The van der Waals surface area contributed by atoms with E-state index in [-0.39, 0.29) is 10.5 Å². The third kappa shape index (κ3) is 3.74. The van der Waals surface area contributed by atoms with Gasteiger partial charge in [0.15, 0.2) is 0 Å². The van der Waals surface area contributed by atoms with Crippen LogP contribution in [0.1, 0.15) is 17.2 Å². The predicted octanol–water partition coefficient (Wildman–Crippen LogP) is 3.31. The third-order valence-electron chi connectivity index (χ3n) is 3.19. The van der Waals surface area contributed by atoms with Crippen molar-refractivity contribution in [3.63, 3.8) is 0 Å². The van der Waals surface area contributed by atoms with E-state index in [2.05, 4.69) is 4.18 Å². The summed E-state index contributed by atoms with van der Waals surface area (Å²) < 4.78 is 56.8. The lowest BCUT2D eigenvalue weighted by molar-refractivity contribution is -0.657. The van der Waals surface area contributed by atoms with E-state index >= 15 is 0 Å². The lowest BCUT2D eigenvalue weighted by Crippen LogP contribution is -2.37. The summed E-state index contributed by atoms with van der Waals surface area (Å²) in [6.07, 6.45) is -2.58. The molecular weight excluding hydrogens is 344 g/mol. The first-order chi connectivity index (χ1) is 11.1. The number of benzene rings is 2. The number of alkyl halides is 2. The zero-order valence-electron chi connectivity index (χ0n) is 12.4. The summed E-state index contributed by atoms with van der Waals surface area (Å²) in [5, 5.41) is 10.7. The molecule has 6 nitrogen and oxygen atoms in total. The first-order valence-electron chi connectivity index (χ1n) is 6.72. The van der Waals surface area contributed by atoms with Crippen LogP contribution in [0.15, 0.2) is 59.5 Å². The van der Waals surface area contributed by atoms with Crippen LogP contribution in [0, 0.1) is 17.0 Å². The van der Waals surface area contributed by atoms with Crippen molar-refractivity contribution in [2.45, 2.75) is 24.0 Å². The van der Waals surface area contributed by atoms with Gasteiger partial charge in [0.05, 0.1) is 9.82 Å². The van der Waals surface area contributed by atoms with Gasteiger partial charge in [-0.15, -0.1) is 8.78 Å². The third-order valence-corrected chi connectivity index (χ3v) is 4.49. The molecule has 0 aromatic heterocycles. The Hall–Kier alpha value is -2.39. The zero-order valence-corrected chi connectivity index (χ0v) is 13.2. The molecule has 0 radical (unpaired) electrons. The van der Waals surface area contributed by atoms with Crippen molar-refractivity contribution in [1.82, 2.24) is 0 Å². The van der Waals surface area contributed by atoms with E-state index in [9.17, 15) is 27.3 Å². The zero-order chi connectivity index (χ0) is 18.0. The summed E-state index contributed by atoms with van der Waals surface area (Å²) in [5.74, 6) is 0. The van der Waals surface area contributed by atoms with E-state index < -0.39 is 27.2 Å². The lowest BCUT2D eigenvalue weighted by Gasteiger charge is -2.20. The highest BCUT2D eigenvalue weighted by Crippen LogP contribution is 2.37. The fourth-order valence-electron chi connectivity index (χ4n) is 1.92. The summed E-state index contributed by atoms with van der Waals surface area (Å²) in [6, 6.07) is 7.10. The maximum absolute atomic E-state index is 13.9. The number of nitro groups is 1. The first kappa shape index (κ1) is 18.0. The molecule has 0 fully saturated rings. The molecule has 0 aliphatic heterocycles. The maximum atomic E-state index is 13.9. The highest BCUT2D eigenvalue weighted by Gasteiger charge is 2.56. The molecule has 0 heterocycles.